The summed E-state index contributed by atoms with van der Waals surface area (Å²) in [5.41, 5.74) is 1.27. The number of fused-ring (bicyclic) bond motifs is 1. The van der Waals surface area contributed by atoms with Crippen molar-refractivity contribution in [3.05, 3.63) is 29.3 Å². The Balaban J connectivity index is 2.31. The normalized spacial score (nSPS) is 12.8. The first-order valence-electron chi connectivity index (χ1n) is 5.20. The first-order chi connectivity index (χ1) is 7.74. The van der Waals surface area contributed by atoms with Gasteiger partial charge >= 0.3 is 5.97 Å². The van der Waals surface area contributed by atoms with Crippen molar-refractivity contribution in [3.8, 4) is 5.75 Å². The summed E-state index contributed by atoms with van der Waals surface area (Å²) in [5.74, 6) is -0.937. The van der Waals surface area contributed by atoms with Crippen molar-refractivity contribution in [1.29, 1.82) is 0 Å². The number of para-hydroxylation sites is 1. The second-order valence-electron chi connectivity index (χ2n) is 3.44. The van der Waals surface area contributed by atoms with Crippen molar-refractivity contribution in [2.75, 3.05) is 13.2 Å². The van der Waals surface area contributed by atoms with Crippen molar-refractivity contribution in [2.24, 2.45) is 0 Å². The number of esters is 1. The summed E-state index contributed by atoms with van der Waals surface area (Å²) in [6.07, 6.45) is 0.777. The Hall–Kier alpha value is -1.84. The van der Waals surface area contributed by atoms with Gasteiger partial charge < -0.3 is 9.47 Å². The van der Waals surface area contributed by atoms with E-state index in [0.717, 1.165) is 12.0 Å². The standard InChI is InChI=1S/C12H12O4/c1-2-15-12(14)10(13)9-5-3-4-8-6-7-16-11(8)9/h3-5H,2,6-7H2,1H3. The van der Waals surface area contributed by atoms with E-state index in [4.69, 9.17) is 4.74 Å². The minimum absolute atomic E-state index is 0.195. The second-order valence-corrected chi connectivity index (χ2v) is 3.44. The van der Waals surface area contributed by atoms with Crippen molar-refractivity contribution in [2.45, 2.75) is 13.3 Å². The number of ketones is 1. The van der Waals surface area contributed by atoms with Crippen molar-refractivity contribution in [1.82, 2.24) is 0 Å². The number of Topliss-reactive ketones (excluding diaryl/α,β-unsaturated/α-hetero) is 1. The third kappa shape index (κ3) is 1.78. The number of rotatable bonds is 3. The molecule has 0 bridgehead atoms. The Kier molecular flexibility index (Phi) is 2.90. The Morgan fingerprint density at radius 3 is 3.00 bits per heavy atom. The molecule has 0 aromatic heterocycles. The number of ether oxygens (including phenoxy) is 2. The Morgan fingerprint density at radius 2 is 2.25 bits per heavy atom. The third-order valence-corrected chi connectivity index (χ3v) is 2.42. The van der Waals surface area contributed by atoms with Gasteiger partial charge in [0, 0.05) is 6.42 Å². The Bertz CT molecular complexity index is 437. The van der Waals surface area contributed by atoms with E-state index in [1.54, 1.807) is 19.1 Å². The molecule has 16 heavy (non-hydrogen) atoms. The molecule has 4 nitrogen and oxygen atoms in total. The number of benzene rings is 1. The van der Waals surface area contributed by atoms with Crippen LogP contribution in [0.25, 0.3) is 0 Å². The molecule has 1 aromatic rings. The average Bonchev–Trinajstić information content (AvgIpc) is 2.76. The van der Waals surface area contributed by atoms with Gasteiger partial charge in [0.15, 0.2) is 0 Å². The highest BCUT2D eigenvalue weighted by molar-refractivity contribution is 6.41. The summed E-state index contributed by atoms with van der Waals surface area (Å²) in [6.45, 7) is 2.42. The highest BCUT2D eigenvalue weighted by atomic mass is 16.5. The van der Waals surface area contributed by atoms with Crippen LogP contribution in [-0.4, -0.2) is 25.0 Å². The van der Waals surface area contributed by atoms with E-state index in [2.05, 4.69) is 4.74 Å². The molecule has 0 amide bonds. The molecule has 0 atom stereocenters. The number of hydrogen-bond donors (Lipinski definition) is 0. The van der Waals surface area contributed by atoms with E-state index in [-0.39, 0.29) is 6.61 Å². The van der Waals surface area contributed by atoms with Gasteiger partial charge in [0.1, 0.15) is 5.75 Å². The van der Waals surface area contributed by atoms with E-state index >= 15 is 0 Å². The van der Waals surface area contributed by atoms with Crippen molar-refractivity contribution in [3.63, 3.8) is 0 Å². The molecule has 1 heterocycles. The van der Waals surface area contributed by atoms with Crippen LogP contribution in [0.1, 0.15) is 22.8 Å². The van der Waals surface area contributed by atoms with Crippen LogP contribution in [0.2, 0.25) is 0 Å². The molecule has 0 fully saturated rings. The van der Waals surface area contributed by atoms with E-state index in [9.17, 15) is 9.59 Å². The topological polar surface area (TPSA) is 52.6 Å². The molecule has 0 radical (unpaired) electrons. The van der Waals surface area contributed by atoms with Crippen molar-refractivity contribution < 1.29 is 19.1 Å². The summed E-state index contributed by atoms with van der Waals surface area (Å²) in [6, 6.07) is 5.23. The zero-order chi connectivity index (χ0) is 11.5. The van der Waals surface area contributed by atoms with Gasteiger partial charge in [0.25, 0.3) is 5.78 Å². The van der Waals surface area contributed by atoms with Crippen LogP contribution >= 0.6 is 0 Å². The lowest BCUT2D eigenvalue weighted by Gasteiger charge is -2.06. The zero-order valence-electron chi connectivity index (χ0n) is 8.99. The van der Waals surface area contributed by atoms with Gasteiger partial charge in [0.2, 0.25) is 0 Å². The number of carbonyl (C=O) groups excluding carboxylic acids is 2. The van der Waals surface area contributed by atoms with Gasteiger partial charge in [-0.25, -0.2) is 4.79 Å². The van der Waals surface area contributed by atoms with Crippen LogP contribution in [0, 0.1) is 0 Å². The molecule has 0 aliphatic carbocycles. The zero-order valence-corrected chi connectivity index (χ0v) is 8.99. The molecule has 1 aromatic carbocycles. The van der Waals surface area contributed by atoms with Gasteiger partial charge in [-0.15, -0.1) is 0 Å². The summed E-state index contributed by atoms with van der Waals surface area (Å²) >= 11 is 0. The maximum Gasteiger partial charge on any atom is 0.379 e. The van der Waals surface area contributed by atoms with Crippen LogP contribution in [-0.2, 0) is 16.0 Å². The van der Waals surface area contributed by atoms with E-state index in [1.807, 2.05) is 6.07 Å². The van der Waals surface area contributed by atoms with Crippen molar-refractivity contribution >= 4 is 11.8 Å². The Morgan fingerprint density at radius 1 is 1.44 bits per heavy atom. The molecular weight excluding hydrogens is 208 g/mol. The van der Waals surface area contributed by atoms with Gasteiger partial charge in [-0.1, -0.05) is 12.1 Å². The number of carbonyl (C=O) groups is 2. The molecule has 0 saturated carbocycles. The highest BCUT2D eigenvalue weighted by Gasteiger charge is 2.25. The van der Waals surface area contributed by atoms with Crippen LogP contribution in [0.3, 0.4) is 0 Å². The maximum atomic E-state index is 11.7. The predicted octanol–water partition coefficient (Wildman–Crippen LogP) is 1.37. The fourth-order valence-electron chi connectivity index (χ4n) is 1.70. The van der Waals surface area contributed by atoms with E-state index < -0.39 is 11.8 Å². The summed E-state index contributed by atoms with van der Waals surface area (Å²) < 4.78 is 10.0. The van der Waals surface area contributed by atoms with Gasteiger partial charge in [-0.05, 0) is 18.6 Å². The van der Waals surface area contributed by atoms with Crippen LogP contribution in [0.4, 0.5) is 0 Å². The summed E-state index contributed by atoms with van der Waals surface area (Å²) in [7, 11) is 0. The highest BCUT2D eigenvalue weighted by Crippen LogP contribution is 2.29. The molecular formula is C12H12O4. The van der Waals surface area contributed by atoms with Gasteiger partial charge in [0.05, 0.1) is 18.8 Å². The largest absolute Gasteiger partial charge is 0.492 e. The lowest BCUT2D eigenvalue weighted by molar-refractivity contribution is -0.137. The minimum Gasteiger partial charge on any atom is -0.492 e. The minimum atomic E-state index is -0.827. The SMILES string of the molecule is CCOC(=O)C(=O)c1cccc2c1OCC2. The first-order valence-corrected chi connectivity index (χ1v) is 5.20. The Labute approximate surface area is 93.2 Å². The maximum absolute atomic E-state index is 11.7. The molecule has 0 N–H and O–H groups in total. The summed E-state index contributed by atoms with van der Waals surface area (Å²) in [5, 5.41) is 0. The molecule has 84 valence electrons. The average molecular weight is 220 g/mol. The van der Waals surface area contributed by atoms with Crippen LogP contribution in [0.15, 0.2) is 18.2 Å². The third-order valence-electron chi connectivity index (χ3n) is 2.42. The summed E-state index contributed by atoms with van der Waals surface area (Å²) in [4.78, 5) is 23.1. The fourth-order valence-corrected chi connectivity index (χ4v) is 1.70. The van der Waals surface area contributed by atoms with Gasteiger partial charge in [-0.3, -0.25) is 4.79 Å². The molecule has 0 saturated heterocycles. The quantitative estimate of drug-likeness (QED) is 0.438. The monoisotopic (exact) mass is 220 g/mol. The molecule has 4 heteroatoms. The van der Waals surface area contributed by atoms with Crippen LogP contribution in [0.5, 0.6) is 5.75 Å². The lowest BCUT2D eigenvalue weighted by Crippen LogP contribution is -2.18. The van der Waals surface area contributed by atoms with Gasteiger partial charge in [-0.2, -0.15) is 0 Å². The van der Waals surface area contributed by atoms with E-state index in [0.29, 0.717) is 17.9 Å². The van der Waals surface area contributed by atoms with E-state index in [1.165, 1.54) is 0 Å². The van der Waals surface area contributed by atoms with Crippen LogP contribution < -0.4 is 4.74 Å². The molecule has 1 aliphatic heterocycles. The lowest BCUT2D eigenvalue weighted by atomic mass is 10.1. The number of hydrogen-bond acceptors (Lipinski definition) is 4. The smallest absolute Gasteiger partial charge is 0.379 e. The first kappa shape index (κ1) is 10.7. The molecule has 2 rings (SSSR count). The molecule has 0 unspecified atom stereocenters. The second kappa shape index (κ2) is 4.35. The molecule has 0 spiro atoms. The molecule has 1 aliphatic rings. The predicted molar refractivity (Wildman–Crippen MR) is 56.6 cm³/mol. The fraction of sp³-hybridized carbons (Fsp3) is 0.333.